The number of ether oxygens (including phenoxy) is 3. The molecule has 0 saturated heterocycles. The fourth-order valence-electron chi connectivity index (χ4n) is 3.07. The first kappa shape index (κ1) is 24.5. The molecule has 0 aliphatic rings. The first-order chi connectivity index (χ1) is 12.9. The van der Waals surface area contributed by atoms with E-state index in [2.05, 4.69) is 33.9 Å². The van der Waals surface area contributed by atoms with E-state index in [4.69, 9.17) is 18.6 Å². The van der Waals surface area contributed by atoms with Gasteiger partial charge in [0.2, 0.25) is 0 Å². The predicted octanol–water partition coefficient (Wildman–Crippen LogP) is 5.35. The molecule has 0 N–H and O–H groups in total. The Bertz CT molecular complexity index is 664. The summed E-state index contributed by atoms with van der Waals surface area (Å²) in [5.74, 6) is 2.02. The molecule has 0 saturated carbocycles. The lowest BCUT2D eigenvalue weighted by Crippen LogP contribution is -2.41. The highest BCUT2D eigenvalue weighted by atomic mass is 28.4. The number of hydrogen-bond donors (Lipinski definition) is 0. The van der Waals surface area contributed by atoms with Crippen molar-refractivity contribution in [2.45, 2.75) is 65.1 Å². The van der Waals surface area contributed by atoms with Crippen LogP contribution in [0.1, 0.15) is 51.2 Å². The van der Waals surface area contributed by atoms with Crippen LogP contribution in [0.3, 0.4) is 0 Å². The highest BCUT2D eigenvalue weighted by Gasteiger charge is 2.38. The van der Waals surface area contributed by atoms with Crippen molar-refractivity contribution >= 4 is 14.6 Å². The van der Waals surface area contributed by atoms with Gasteiger partial charge >= 0.3 is 0 Å². The van der Waals surface area contributed by atoms with E-state index in [1.165, 1.54) is 0 Å². The Morgan fingerprint density at radius 1 is 1.07 bits per heavy atom. The maximum Gasteiger partial charge on any atom is 0.192 e. The van der Waals surface area contributed by atoms with E-state index in [1.807, 2.05) is 19.9 Å². The van der Waals surface area contributed by atoms with Crippen molar-refractivity contribution in [1.29, 1.82) is 0 Å². The molecule has 1 aromatic rings. The molecular formula is C22H38O5Si. The molecule has 0 spiro atoms. The van der Waals surface area contributed by atoms with E-state index in [9.17, 15) is 4.79 Å². The van der Waals surface area contributed by atoms with Gasteiger partial charge in [0.05, 0.1) is 21.3 Å². The number of carbonyl (C=O) groups excluding carboxylic acids is 1. The summed E-state index contributed by atoms with van der Waals surface area (Å²) in [6, 6.07) is 1.96. The maximum absolute atomic E-state index is 11.4. The monoisotopic (exact) mass is 410 g/mol. The normalized spacial score (nSPS) is 14.4. The second kappa shape index (κ2) is 9.79. The minimum Gasteiger partial charge on any atom is -0.496 e. The van der Waals surface area contributed by atoms with E-state index >= 15 is 0 Å². The summed E-state index contributed by atoms with van der Waals surface area (Å²) in [5, 5.41) is 0.116. The van der Waals surface area contributed by atoms with Gasteiger partial charge in [-0.15, -0.1) is 0 Å². The topological polar surface area (TPSA) is 54.0 Å². The SMILES string of the molecule is COc1cc([C@H](CO[Si](C)(C)C(C)(C)C)C[C@H](C)C=O)c(OC)c(C)c1OC. The lowest BCUT2D eigenvalue weighted by atomic mass is 9.88. The predicted molar refractivity (Wildman–Crippen MR) is 117 cm³/mol. The van der Waals surface area contributed by atoms with Crippen LogP contribution in [0.25, 0.3) is 0 Å². The summed E-state index contributed by atoms with van der Waals surface area (Å²) in [6.07, 6.45) is 1.68. The van der Waals surface area contributed by atoms with Crippen LogP contribution in [0, 0.1) is 12.8 Å². The average Bonchev–Trinajstić information content (AvgIpc) is 2.62. The molecule has 0 aliphatic heterocycles. The van der Waals surface area contributed by atoms with Crippen LogP contribution >= 0.6 is 0 Å². The Balaban J connectivity index is 3.41. The largest absolute Gasteiger partial charge is 0.496 e. The smallest absolute Gasteiger partial charge is 0.192 e. The van der Waals surface area contributed by atoms with E-state index < -0.39 is 8.32 Å². The summed E-state index contributed by atoms with van der Waals surface area (Å²) in [7, 11) is 2.98. The van der Waals surface area contributed by atoms with Crippen LogP contribution in [-0.2, 0) is 9.22 Å². The zero-order valence-corrected chi connectivity index (χ0v) is 20.3. The van der Waals surface area contributed by atoms with Gasteiger partial charge < -0.3 is 23.4 Å². The summed E-state index contributed by atoms with van der Waals surface area (Å²) in [5.41, 5.74) is 1.88. The molecule has 2 atom stereocenters. The van der Waals surface area contributed by atoms with E-state index in [1.54, 1.807) is 21.3 Å². The molecule has 0 aromatic heterocycles. The molecule has 0 heterocycles. The van der Waals surface area contributed by atoms with Gasteiger partial charge in [0.1, 0.15) is 12.0 Å². The van der Waals surface area contributed by atoms with Gasteiger partial charge in [-0.3, -0.25) is 0 Å². The first-order valence-corrected chi connectivity index (χ1v) is 12.7. The Morgan fingerprint density at radius 2 is 1.64 bits per heavy atom. The molecule has 0 unspecified atom stereocenters. The minimum atomic E-state index is -1.93. The number of aldehydes is 1. The molecule has 6 heteroatoms. The Labute approximate surface area is 171 Å². The highest BCUT2D eigenvalue weighted by molar-refractivity contribution is 6.74. The quantitative estimate of drug-likeness (QED) is 0.384. The summed E-state index contributed by atoms with van der Waals surface area (Å²) >= 11 is 0. The molecular weight excluding hydrogens is 372 g/mol. The van der Waals surface area contributed by atoms with Crippen LogP contribution in [0.5, 0.6) is 17.2 Å². The van der Waals surface area contributed by atoms with Crippen LogP contribution in [0.15, 0.2) is 6.07 Å². The summed E-state index contributed by atoms with van der Waals surface area (Å²) < 4.78 is 23.3. The first-order valence-electron chi connectivity index (χ1n) is 9.82. The molecule has 0 bridgehead atoms. The summed E-state index contributed by atoms with van der Waals surface area (Å²) in [6.45, 7) is 15.6. The van der Waals surface area contributed by atoms with E-state index in [-0.39, 0.29) is 16.9 Å². The maximum atomic E-state index is 11.4. The molecule has 0 aliphatic carbocycles. The van der Waals surface area contributed by atoms with Crippen molar-refractivity contribution in [1.82, 2.24) is 0 Å². The number of hydrogen-bond acceptors (Lipinski definition) is 5. The van der Waals surface area contributed by atoms with Crippen molar-refractivity contribution < 1.29 is 23.4 Å². The number of carbonyl (C=O) groups is 1. The minimum absolute atomic E-state index is 0.0165. The molecule has 0 radical (unpaired) electrons. The van der Waals surface area contributed by atoms with Crippen molar-refractivity contribution in [2.75, 3.05) is 27.9 Å². The van der Waals surface area contributed by atoms with Gasteiger partial charge in [-0.1, -0.05) is 27.7 Å². The second-order valence-electron chi connectivity index (χ2n) is 8.98. The van der Waals surface area contributed by atoms with Crippen molar-refractivity contribution in [2.24, 2.45) is 5.92 Å². The fourth-order valence-corrected chi connectivity index (χ4v) is 4.12. The standard InChI is InChI=1S/C22H38O5Si/c1-15(13-23)11-17(14-27-28(9,10)22(3,4)5)18-12-19(24-6)21(26-8)16(2)20(18)25-7/h12-13,15,17H,11,14H2,1-10H3/t15-,17-/m0/s1. The fraction of sp³-hybridized carbons (Fsp3) is 0.682. The number of methoxy groups -OCH3 is 3. The summed E-state index contributed by atoms with van der Waals surface area (Å²) in [4.78, 5) is 11.4. The zero-order valence-electron chi connectivity index (χ0n) is 19.3. The molecule has 5 nitrogen and oxygen atoms in total. The molecule has 28 heavy (non-hydrogen) atoms. The Hall–Kier alpha value is -1.53. The molecule has 1 rings (SSSR count). The lowest BCUT2D eigenvalue weighted by Gasteiger charge is -2.37. The Kier molecular flexibility index (Phi) is 8.57. The van der Waals surface area contributed by atoms with E-state index in [0.29, 0.717) is 24.5 Å². The molecule has 0 amide bonds. The molecule has 0 fully saturated rings. The third-order valence-corrected chi connectivity index (χ3v) is 10.4. The van der Waals surface area contributed by atoms with Crippen LogP contribution < -0.4 is 14.2 Å². The third-order valence-electron chi connectivity index (χ3n) is 5.86. The van der Waals surface area contributed by atoms with Gasteiger partial charge in [-0.05, 0) is 37.5 Å². The molecule has 1 aromatic carbocycles. The van der Waals surface area contributed by atoms with Crippen molar-refractivity contribution in [3.8, 4) is 17.2 Å². The van der Waals surface area contributed by atoms with Gasteiger partial charge in [-0.25, -0.2) is 0 Å². The molecule has 160 valence electrons. The number of benzene rings is 1. The number of rotatable bonds is 10. The van der Waals surface area contributed by atoms with Gasteiger partial charge in [-0.2, -0.15) is 0 Å². The second-order valence-corrected chi connectivity index (χ2v) is 13.8. The van der Waals surface area contributed by atoms with Gasteiger partial charge in [0.25, 0.3) is 0 Å². The zero-order chi connectivity index (χ0) is 21.7. The van der Waals surface area contributed by atoms with Crippen LogP contribution in [0.4, 0.5) is 0 Å². The van der Waals surface area contributed by atoms with Crippen molar-refractivity contribution in [3.05, 3.63) is 17.2 Å². The third kappa shape index (κ3) is 5.51. The Morgan fingerprint density at radius 3 is 2.07 bits per heavy atom. The van der Waals surface area contributed by atoms with Crippen molar-refractivity contribution in [3.63, 3.8) is 0 Å². The van der Waals surface area contributed by atoms with Gasteiger partial charge in [0.15, 0.2) is 19.8 Å². The highest BCUT2D eigenvalue weighted by Crippen LogP contribution is 2.45. The van der Waals surface area contributed by atoms with Crippen LogP contribution in [-0.4, -0.2) is 42.5 Å². The van der Waals surface area contributed by atoms with E-state index in [0.717, 1.165) is 23.2 Å². The van der Waals surface area contributed by atoms with Gasteiger partial charge in [0, 0.05) is 29.6 Å². The lowest BCUT2D eigenvalue weighted by molar-refractivity contribution is -0.111. The van der Waals surface area contributed by atoms with Crippen LogP contribution in [0.2, 0.25) is 18.1 Å². The average molecular weight is 411 g/mol.